The zero-order valence-electron chi connectivity index (χ0n) is 9.01. The molecule has 0 unspecified atom stereocenters. The molecule has 2 rings (SSSR count). The first kappa shape index (κ1) is 10.5. The van der Waals surface area contributed by atoms with E-state index in [1.807, 2.05) is 13.0 Å². The van der Waals surface area contributed by atoms with Crippen molar-refractivity contribution < 1.29 is 9.68 Å². The number of nitrogens with zero attached hydrogens (tertiary/aromatic N) is 2. The Labute approximate surface area is 94.2 Å². The van der Waals surface area contributed by atoms with Crippen molar-refractivity contribution >= 4 is 0 Å². The second-order valence-corrected chi connectivity index (χ2v) is 3.36. The average Bonchev–Trinajstić information content (AvgIpc) is 2.78. The molecule has 0 bridgehead atoms. The quantitative estimate of drug-likeness (QED) is 0.778. The summed E-state index contributed by atoms with van der Waals surface area (Å²) >= 11 is 0. The lowest BCUT2D eigenvalue weighted by atomic mass is 10.2. The van der Waals surface area contributed by atoms with Crippen molar-refractivity contribution in [2.24, 2.45) is 0 Å². The third-order valence-electron chi connectivity index (χ3n) is 2.23. The van der Waals surface area contributed by atoms with E-state index in [4.69, 9.17) is 14.9 Å². The van der Waals surface area contributed by atoms with Crippen molar-refractivity contribution in [2.75, 3.05) is 6.54 Å². The lowest BCUT2D eigenvalue weighted by molar-refractivity contribution is -0.275. The van der Waals surface area contributed by atoms with Crippen molar-refractivity contribution in [2.45, 2.75) is 13.3 Å². The zero-order valence-corrected chi connectivity index (χ0v) is 9.01. The average molecular weight is 216 g/mol. The Balaban J connectivity index is 1.93. The molecule has 1 aromatic carbocycles. The molecule has 0 aliphatic carbocycles. The van der Waals surface area contributed by atoms with Crippen molar-refractivity contribution in [1.29, 1.82) is 5.26 Å². The molecule has 0 saturated carbocycles. The number of hydroxylamine groups is 2. The van der Waals surface area contributed by atoms with Crippen LogP contribution in [0.1, 0.15) is 18.9 Å². The van der Waals surface area contributed by atoms with Crippen molar-refractivity contribution in [3.63, 3.8) is 0 Å². The second-order valence-electron chi connectivity index (χ2n) is 3.36. The number of allylic oxidation sites excluding steroid dienone is 1. The van der Waals surface area contributed by atoms with Crippen LogP contribution in [0.5, 0.6) is 5.75 Å². The van der Waals surface area contributed by atoms with Gasteiger partial charge in [-0.2, -0.15) is 5.26 Å². The van der Waals surface area contributed by atoms with Crippen molar-refractivity contribution in [3.8, 4) is 11.8 Å². The standard InChI is InChI=1S/C12H12N2O2/c1-2-11-7-8-14(15-11)16-12-5-3-10(9-13)4-6-12/h3-7H,2,8H2,1H3. The Morgan fingerprint density at radius 1 is 1.44 bits per heavy atom. The van der Waals surface area contributed by atoms with Crippen LogP contribution in [-0.4, -0.2) is 11.8 Å². The summed E-state index contributed by atoms with van der Waals surface area (Å²) in [4.78, 5) is 10.8. The highest BCUT2D eigenvalue weighted by Crippen LogP contribution is 2.18. The molecule has 82 valence electrons. The van der Waals surface area contributed by atoms with Crippen molar-refractivity contribution in [3.05, 3.63) is 41.7 Å². The SMILES string of the molecule is CCC1=CCN(Oc2ccc(C#N)cc2)O1. The molecular weight excluding hydrogens is 204 g/mol. The van der Waals surface area contributed by atoms with Gasteiger partial charge in [-0.25, -0.2) is 0 Å². The van der Waals surface area contributed by atoms with Gasteiger partial charge in [-0.15, -0.1) is 0 Å². The maximum absolute atomic E-state index is 8.65. The van der Waals surface area contributed by atoms with E-state index in [2.05, 4.69) is 6.07 Å². The van der Waals surface area contributed by atoms with Crippen LogP contribution in [0.15, 0.2) is 36.1 Å². The van der Waals surface area contributed by atoms with E-state index in [1.54, 1.807) is 24.3 Å². The molecule has 0 N–H and O–H groups in total. The van der Waals surface area contributed by atoms with Gasteiger partial charge in [0.25, 0.3) is 0 Å². The molecule has 1 aliphatic heterocycles. The predicted octanol–water partition coefficient (Wildman–Crippen LogP) is 2.39. The topological polar surface area (TPSA) is 45.5 Å². The molecule has 4 nitrogen and oxygen atoms in total. The third-order valence-corrected chi connectivity index (χ3v) is 2.23. The summed E-state index contributed by atoms with van der Waals surface area (Å²) in [5.41, 5.74) is 0.613. The van der Waals surface area contributed by atoms with Gasteiger partial charge in [0.05, 0.1) is 18.2 Å². The number of hydrogen-bond donors (Lipinski definition) is 0. The van der Waals surface area contributed by atoms with Gasteiger partial charge in [-0.05, 0) is 30.3 Å². The third kappa shape index (κ3) is 2.33. The molecule has 0 amide bonds. The molecule has 0 saturated heterocycles. The summed E-state index contributed by atoms with van der Waals surface area (Å²) in [6.07, 6.45) is 2.83. The van der Waals surface area contributed by atoms with Crippen LogP contribution in [0.2, 0.25) is 0 Å². The number of hydrogen-bond acceptors (Lipinski definition) is 4. The van der Waals surface area contributed by atoms with E-state index < -0.39 is 0 Å². The van der Waals surface area contributed by atoms with Crippen LogP contribution < -0.4 is 4.84 Å². The molecule has 0 aromatic heterocycles. The lowest BCUT2D eigenvalue weighted by Crippen LogP contribution is -2.22. The zero-order chi connectivity index (χ0) is 11.4. The Hall–Kier alpha value is -1.99. The van der Waals surface area contributed by atoms with E-state index in [-0.39, 0.29) is 0 Å². The smallest absolute Gasteiger partial charge is 0.151 e. The fourth-order valence-corrected chi connectivity index (χ4v) is 1.35. The largest absolute Gasteiger partial charge is 0.376 e. The van der Waals surface area contributed by atoms with E-state index in [9.17, 15) is 0 Å². The highest BCUT2D eigenvalue weighted by atomic mass is 17.0. The van der Waals surface area contributed by atoms with Gasteiger partial charge in [0.2, 0.25) is 0 Å². The van der Waals surface area contributed by atoms with Crippen LogP contribution in [-0.2, 0) is 4.84 Å². The monoisotopic (exact) mass is 216 g/mol. The van der Waals surface area contributed by atoms with Gasteiger partial charge in [0, 0.05) is 11.6 Å². The van der Waals surface area contributed by atoms with E-state index >= 15 is 0 Å². The number of nitriles is 1. The normalized spacial score (nSPS) is 15.1. The Bertz CT molecular complexity index is 431. The van der Waals surface area contributed by atoms with E-state index in [1.165, 1.54) is 5.23 Å². The Morgan fingerprint density at radius 2 is 2.19 bits per heavy atom. The fourth-order valence-electron chi connectivity index (χ4n) is 1.35. The summed E-state index contributed by atoms with van der Waals surface area (Å²) in [6, 6.07) is 8.95. The highest BCUT2D eigenvalue weighted by Gasteiger charge is 2.15. The van der Waals surface area contributed by atoms with Crippen LogP contribution in [0.3, 0.4) is 0 Å². The summed E-state index contributed by atoms with van der Waals surface area (Å²) in [6.45, 7) is 2.64. The van der Waals surface area contributed by atoms with Crippen LogP contribution in [0, 0.1) is 11.3 Å². The Kier molecular flexibility index (Phi) is 3.08. The maximum atomic E-state index is 8.65. The second kappa shape index (κ2) is 4.69. The number of benzene rings is 1. The molecular formula is C12H12N2O2. The van der Waals surface area contributed by atoms with E-state index in [0.717, 1.165) is 12.2 Å². The van der Waals surface area contributed by atoms with Gasteiger partial charge in [-0.1, -0.05) is 6.92 Å². The Morgan fingerprint density at radius 3 is 2.75 bits per heavy atom. The minimum Gasteiger partial charge on any atom is -0.376 e. The molecule has 0 spiro atoms. The summed E-state index contributed by atoms with van der Waals surface area (Å²) < 4.78 is 0. The van der Waals surface area contributed by atoms with Gasteiger partial charge < -0.3 is 9.68 Å². The van der Waals surface area contributed by atoms with Gasteiger partial charge >= 0.3 is 0 Å². The molecule has 16 heavy (non-hydrogen) atoms. The summed E-state index contributed by atoms with van der Waals surface area (Å²) in [5.74, 6) is 1.57. The molecule has 1 heterocycles. The molecule has 1 aliphatic rings. The van der Waals surface area contributed by atoms with Crippen LogP contribution in [0.25, 0.3) is 0 Å². The van der Waals surface area contributed by atoms with Crippen molar-refractivity contribution in [1.82, 2.24) is 5.23 Å². The van der Waals surface area contributed by atoms with Crippen LogP contribution in [0.4, 0.5) is 0 Å². The minimum absolute atomic E-state index is 0.613. The van der Waals surface area contributed by atoms with Crippen LogP contribution >= 0.6 is 0 Å². The molecule has 4 heteroatoms. The molecule has 0 atom stereocenters. The summed E-state index contributed by atoms with van der Waals surface area (Å²) in [5, 5.41) is 10.1. The van der Waals surface area contributed by atoms with Gasteiger partial charge in [0.1, 0.15) is 5.76 Å². The first-order valence-corrected chi connectivity index (χ1v) is 5.14. The fraction of sp³-hybridized carbons (Fsp3) is 0.250. The maximum Gasteiger partial charge on any atom is 0.151 e. The first-order valence-electron chi connectivity index (χ1n) is 5.14. The molecule has 0 fully saturated rings. The van der Waals surface area contributed by atoms with Gasteiger partial charge in [-0.3, -0.25) is 0 Å². The molecule has 0 radical (unpaired) electrons. The predicted molar refractivity (Wildman–Crippen MR) is 58.0 cm³/mol. The lowest BCUT2D eigenvalue weighted by Gasteiger charge is -2.16. The van der Waals surface area contributed by atoms with Gasteiger partial charge in [0.15, 0.2) is 5.75 Å². The summed E-state index contributed by atoms with van der Waals surface area (Å²) in [7, 11) is 0. The highest BCUT2D eigenvalue weighted by molar-refractivity contribution is 5.34. The minimum atomic E-state index is 0.613. The number of rotatable bonds is 3. The molecule has 1 aromatic rings. The first-order chi connectivity index (χ1) is 7.81. The van der Waals surface area contributed by atoms with E-state index in [0.29, 0.717) is 17.9 Å².